The van der Waals surface area contributed by atoms with Crippen LogP contribution in [0.5, 0.6) is 0 Å². The Kier molecular flexibility index (Phi) is 57.1. The van der Waals surface area contributed by atoms with Crippen molar-refractivity contribution in [1.82, 2.24) is 4.98 Å². The molecule has 0 aliphatic rings. The standard InChI is InChI=1S/C22H23P.2C18H15P.C17H20P.C6H7N2.C6H7P.2CH3.6ClH.3Ru/c1-4-12-20(13-5-1)14-10-11-19-23(21-15-6-2-7-16-21)22-17-8-3-9-18-22;2*1-4-10-16(11-5-1)19(17-12-6-2-7-13-17)18-14-8-3-9-15-18;1-2-3-10-15-18(16-11-6-4-7-12-16)17-13-8-5-9-14-17;7-5-6-3-1-2-4-8-6;7-6-4-2-1-3-5-6;;;;;;;;;;;/h1-9,12-13,15-18H,10-11,14,19H2;2*1-15H;4-9,11-14H,1-3,10,15H2;1-4,7H,5H2;1-5H,7H2;2*1H3;6*1H;;;/q;;;2*-1;;2*-1;;;;;;;+2;2*+4/p-2. The van der Waals surface area contributed by atoms with Gasteiger partial charge in [0.15, 0.2) is 0 Å². The van der Waals surface area contributed by atoms with Gasteiger partial charge in [-0.1, -0.05) is 255 Å². The number of hydrogen-bond acceptors (Lipinski definition) is 1. The summed E-state index contributed by atoms with van der Waals surface area (Å²) in [5.74, 6) is 0. The Balaban J connectivity index is 0.000000328. The third-order valence-electron chi connectivity index (χ3n) is 15.5. The second-order valence-electron chi connectivity index (χ2n) is 22.4. The smallest absolute Gasteiger partial charge is 0.102 e. The molecule has 0 radical (unpaired) electrons. The fourth-order valence-corrected chi connectivity index (χ4v) is 21.6. The Morgan fingerprint density at radius 1 is 0.324 bits per heavy atom. The first-order chi connectivity index (χ1) is 50.8. The van der Waals surface area contributed by atoms with Gasteiger partial charge in [-0.2, -0.15) is 6.42 Å². The van der Waals surface area contributed by atoms with Crippen molar-refractivity contribution in [1.29, 1.82) is 0 Å². The van der Waals surface area contributed by atoms with Crippen LogP contribution in [-0.4, -0.2) is 17.3 Å². The maximum absolute atomic E-state index is 6.88. The summed E-state index contributed by atoms with van der Waals surface area (Å²) in [5, 5.41) is 16.0. The number of pyridine rings is 1. The molecule has 1 unspecified atom stereocenters. The van der Waals surface area contributed by atoms with Crippen LogP contribution in [0.3, 0.4) is 0 Å². The Hall–Kier alpha value is -4.49. The summed E-state index contributed by atoms with van der Waals surface area (Å²) in [6.45, 7) is 4.22. The van der Waals surface area contributed by atoms with Crippen LogP contribution < -0.4 is 58.3 Å². The quantitative estimate of drug-likeness (QED) is 0.0324. The Morgan fingerprint density at radius 3 is 0.743 bits per heavy atom. The molecule has 0 bridgehead atoms. The summed E-state index contributed by atoms with van der Waals surface area (Å²) >= 11 is -1.04. The van der Waals surface area contributed by atoms with Crippen LogP contribution in [0, 0.1) is 21.8 Å². The van der Waals surface area contributed by atoms with Crippen molar-refractivity contribution in [2.45, 2.75) is 45.1 Å². The molecule has 12 aromatic carbocycles. The average molecular weight is 1870 g/mol. The fraction of sp³-hybridized carbons (Fsp3) is 0.101. The van der Waals surface area contributed by atoms with E-state index in [1.807, 2.05) is 48.5 Å². The molecule has 1 aromatic heterocycles. The summed E-state index contributed by atoms with van der Waals surface area (Å²) in [6, 6.07) is 136. The molecule has 13 aromatic rings. The molecule has 0 spiro atoms. The minimum atomic E-state index is -0.877. The Morgan fingerprint density at radius 2 is 0.543 bits per heavy atom. The van der Waals surface area contributed by atoms with Gasteiger partial charge in [0.25, 0.3) is 0 Å². The van der Waals surface area contributed by atoms with E-state index in [9.17, 15) is 0 Å². The van der Waals surface area contributed by atoms with Crippen molar-refractivity contribution in [3.8, 4) is 0 Å². The van der Waals surface area contributed by atoms with Gasteiger partial charge in [-0.3, -0.25) is 4.98 Å². The van der Waals surface area contributed by atoms with Crippen LogP contribution in [0.1, 0.15) is 43.4 Å². The van der Waals surface area contributed by atoms with Crippen molar-refractivity contribution >= 4 is 157 Å². The maximum Gasteiger partial charge on any atom is 0.102 e. The van der Waals surface area contributed by atoms with E-state index in [1.165, 1.54) is 108 Å². The number of aryl methyl sites for hydroxylation is 1. The summed E-state index contributed by atoms with van der Waals surface area (Å²) in [6.07, 6.45) is 11.7. The number of rotatable bonds is 20. The van der Waals surface area contributed by atoms with Crippen LogP contribution in [0.25, 0.3) is 5.73 Å². The first-order valence-electron chi connectivity index (χ1n) is 33.6. The van der Waals surface area contributed by atoms with Crippen molar-refractivity contribution in [2.75, 3.05) is 12.3 Å². The molecular weight excluding hydrogens is 1770 g/mol. The van der Waals surface area contributed by atoms with E-state index >= 15 is 0 Å². The summed E-state index contributed by atoms with van der Waals surface area (Å²) in [4.78, 5) is 3.91. The van der Waals surface area contributed by atoms with Crippen molar-refractivity contribution in [3.63, 3.8) is 0 Å². The first-order valence-corrected chi connectivity index (χ1v) is 54.0. The molecule has 1 heterocycles. The molecule has 1 N–H and O–H groups in total. The second kappa shape index (κ2) is 63.3. The van der Waals surface area contributed by atoms with Gasteiger partial charge in [0.1, 0.15) is 31.8 Å². The molecule has 0 saturated carbocycles. The van der Waals surface area contributed by atoms with Gasteiger partial charge in [0, 0.05) is 11.9 Å². The van der Waals surface area contributed by atoms with Crippen molar-refractivity contribution in [3.05, 3.63) is 427 Å². The monoisotopic (exact) mass is 1860 g/mol. The zero-order chi connectivity index (χ0) is 73.3. The summed E-state index contributed by atoms with van der Waals surface area (Å²) in [7, 11) is 28.7. The van der Waals surface area contributed by atoms with E-state index in [2.05, 4.69) is 355 Å². The zero-order valence-corrected chi connectivity index (χ0v) is 74.3. The van der Waals surface area contributed by atoms with Crippen molar-refractivity contribution < 1.29 is 45.4 Å². The molecule has 0 amide bonds. The van der Waals surface area contributed by atoms with Gasteiger partial charge >= 0.3 is 104 Å². The molecule has 0 aliphatic heterocycles. The number of hydrogen-bond donors (Lipinski definition) is 0. The van der Waals surface area contributed by atoms with E-state index in [1.54, 1.807) is 6.20 Å². The largest absolute Gasteiger partial charge is 0.672 e. The molecule has 105 heavy (non-hydrogen) atoms. The van der Waals surface area contributed by atoms with Gasteiger partial charge in [-0.15, -0.1) is 15.8 Å². The van der Waals surface area contributed by atoms with E-state index in [4.69, 9.17) is 63.9 Å². The Labute approximate surface area is 685 Å². The third kappa shape index (κ3) is 40.2. The molecule has 0 aliphatic carbocycles. The van der Waals surface area contributed by atoms with Crippen LogP contribution in [0.4, 0.5) is 0 Å². The minimum Gasteiger partial charge on any atom is -0.672 e. The van der Waals surface area contributed by atoms with E-state index < -0.39 is 31.7 Å². The molecule has 13 rings (SSSR count). The minimum absolute atomic E-state index is 0. The topological polar surface area (TPSA) is 36.7 Å². The predicted molar refractivity (Wildman–Crippen MR) is 478 cm³/mol. The molecule has 550 valence electrons. The van der Waals surface area contributed by atoms with Gasteiger partial charge in [0.05, 0.1) is 65.2 Å². The van der Waals surface area contributed by atoms with E-state index in [-0.39, 0.29) is 66.8 Å². The predicted octanol–water partition coefficient (Wildman–Crippen LogP) is 22.9. The average Bonchev–Trinajstić information content (AvgIpc) is 0.884. The normalized spacial score (nSPS) is 9.88. The number of unbranched alkanes of at least 4 members (excludes halogenated alkanes) is 3. The summed E-state index contributed by atoms with van der Waals surface area (Å²) < 4.78 is 0. The van der Waals surface area contributed by atoms with Gasteiger partial charge in [0.2, 0.25) is 0 Å². The number of nitrogens with zero attached hydrogens (tertiary/aromatic N) is 1. The molecule has 16 heteroatoms. The zero-order valence-electron chi connectivity index (χ0n) is 59.4. The van der Waals surface area contributed by atoms with Gasteiger partial charge in [-0.05, 0) is 170 Å². The second-order valence-corrected chi connectivity index (χ2v) is 41.2. The van der Waals surface area contributed by atoms with Crippen LogP contribution in [0.15, 0.2) is 388 Å². The summed E-state index contributed by atoms with van der Waals surface area (Å²) in [5.41, 5.74) is 9.17. The Bertz CT molecular complexity index is 3650. The maximum atomic E-state index is 6.88. The van der Waals surface area contributed by atoms with Crippen LogP contribution >= 0.6 is 99.1 Å². The van der Waals surface area contributed by atoms with Crippen LogP contribution in [0.2, 0.25) is 0 Å². The molecular formula is C89H97Cl6N2P5Ru3+4. The van der Waals surface area contributed by atoms with Crippen molar-refractivity contribution in [2.24, 2.45) is 0 Å². The third-order valence-corrected chi connectivity index (χ3v) is 27.2. The number of halogens is 6. The van der Waals surface area contributed by atoms with Gasteiger partial charge < -0.3 is 27.5 Å². The number of benzene rings is 12. The fourth-order valence-electron chi connectivity index (χ4n) is 10.8. The SMILES string of the molecule is Pc1ccccc1.[CH2-]CCCC[PH+](c1ccccc1)c1ccccc1.[CH3-].[CH3-].[Cl][Ru+2][Cl].[Cl][Ru+2][Cl].[Cl][Ru][Cl].[NH-]Cc1ccccn1.c1ccc(CCCC[PH+](c2ccccc2)c2ccccc2)cc1.c1ccc([PH+](c2ccccc2)c2ccccc2)cc1.c1ccc([PH+](c2ccccc2)c2ccccc2)cc1. The molecule has 0 saturated heterocycles. The molecule has 2 nitrogen and oxygen atoms in total. The van der Waals surface area contributed by atoms with Crippen LogP contribution in [-0.2, 0) is 58.4 Å². The van der Waals surface area contributed by atoms with Gasteiger partial charge in [-0.25, -0.2) is 0 Å². The number of nitrogens with one attached hydrogen (secondary N) is 1. The number of aromatic nitrogens is 1. The molecule has 0 fully saturated rings. The first kappa shape index (κ1) is 94.7. The molecule has 1 atom stereocenters. The van der Waals surface area contributed by atoms with E-state index in [0.29, 0.717) is 0 Å². The van der Waals surface area contributed by atoms with E-state index in [0.717, 1.165) is 12.1 Å².